The highest BCUT2D eigenvalue weighted by atomic mass is 16.2. The van der Waals surface area contributed by atoms with E-state index in [0.717, 1.165) is 16.5 Å². The molecule has 0 radical (unpaired) electrons. The number of fused-ring (bicyclic) bond motifs is 1. The van der Waals surface area contributed by atoms with E-state index in [1.807, 2.05) is 35.8 Å². The summed E-state index contributed by atoms with van der Waals surface area (Å²) in [5, 5.41) is 11.4. The van der Waals surface area contributed by atoms with Crippen LogP contribution in [0.3, 0.4) is 0 Å². The number of hydrogen-bond donors (Lipinski definition) is 3. The predicted molar refractivity (Wildman–Crippen MR) is 63.7 cm³/mol. The van der Waals surface area contributed by atoms with Crippen LogP contribution in [0.1, 0.15) is 5.56 Å². The molecule has 5 heteroatoms. The highest BCUT2D eigenvalue weighted by molar-refractivity contribution is 5.86. The number of carbonyl (C=O) groups is 1. The molecule has 1 aromatic carbocycles. The first kappa shape index (κ1) is 11.2. The van der Waals surface area contributed by atoms with Gasteiger partial charge in [-0.2, -0.15) is 5.26 Å². The molecule has 2 aromatic rings. The highest BCUT2D eigenvalue weighted by Gasteiger charge is 2.15. The van der Waals surface area contributed by atoms with E-state index in [0.29, 0.717) is 6.42 Å². The molecule has 0 spiro atoms. The molecule has 0 bridgehead atoms. The topological polar surface area (TPSA) is 94.7 Å². The molecule has 1 heterocycles. The number of hydrogen-bond acceptors (Lipinski definition) is 3. The molecular weight excluding hydrogens is 216 g/mol. The number of nitrogens with one attached hydrogen (secondary N) is 2. The van der Waals surface area contributed by atoms with Crippen LogP contribution in [0.5, 0.6) is 0 Å². The Morgan fingerprint density at radius 3 is 3.06 bits per heavy atom. The maximum atomic E-state index is 11.3. The van der Waals surface area contributed by atoms with Gasteiger partial charge in [0.15, 0.2) is 6.19 Å². The molecule has 5 nitrogen and oxygen atoms in total. The van der Waals surface area contributed by atoms with Crippen molar-refractivity contribution in [3.63, 3.8) is 0 Å². The van der Waals surface area contributed by atoms with E-state index in [2.05, 4.69) is 4.98 Å². The number of amides is 1. The Morgan fingerprint density at radius 1 is 1.53 bits per heavy atom. The second-order valence-electron chi connectivity index (χ2n) is 3.77. The summed E-state index contributed by atoms with van der Waals surface area (Å²) in [7, 11) is 0. The van der Waals surface area contributed by atoms with Gasteiger partial charge >= 0.3 is 0 Å². The molecule has 86 valence electrons. The molecule has 0 aliphatic heterocycles. The third-order valence-electron chi connectivity index (χ3n) is 2.63. The summed E-state index contributed by atoms with van der Waals surface area (Å²) in [6.07, 6.45) is 3.82. The summed E-state index contributed by atoms with van der Waals surface area (Å²) in [5.74, 6) is -0.460. The van der Waals surface area contributed by atoms with Gasteiger partial charge in [-0.3, -0.25) is 10.1 Å². The van der Waals surface area contributed by atoms with Crippen LogP contribution < -0.4 is 11.1 Å². The number of para-hydroxylation sites is 1. The standard InChI is InChI=1S/C12H12N4O/c13-7-16-12(17)10(14)5-8-6-15-11-4-2-1-3-9(8)11/h1-4,6,10,15H,5,14H2,(H,16,17)/t10-/m1/s1. The van der Waals surface area contributed by atoms with E-state index in [1.54, 1.807) is 6.19 Å². The van der Waals surface area contributed by atoms with E-state index >= 15 is 0 Å². The van der Waals surface area contributed by atoms with Gasteiger partial charge in [-0.05, 0) is 18.1 Å². The van der Waals surface area contributed by atoms with Crippen LogP contribution in [0, 0.1) is 11.5 Å². The summed E-state index contributed by atoms with van der Waals surface area (Å²) in [6, 6.07) is 7.08. The maximum Gasteiger partial charge on any atom is 0.250 e. The Bertz CT molecular complexity index is 581. The lowest BCUT2D eigenvalue weighted by atomic mass is 10.1. The lowest BCUT2D eigenvalue weighted by Gasteiger charge is -2.07. The third-order valence-corrected chi connectivity index (χ3v) is 2.63. The Hall–Kier alpha value is -2.32. The van der Waals surface area contributed by atoms with E-state index in [-0.39, 0.29) is 0 Å². The van der Waals surface area contributed by atoms with E-state index in [9.17, 15) is 4.79 Å². The van der Waals surface area contributed by atoms with Crippen LogP contribution in [0.15, 0.2) is 30.5 Å². The van der Waals surface area contributed by atoms with Crippen molar-refractivity contribution < 1.29 is 4.79 Å². The number of rotatable bonds is 3. The van der Waals surface area contributed by atoms with Gasteiger partial charge in [-0.1, -0.05) is 18.2 Å². The van der Waals surface area contributed by atoms with Crippen molar-refractivity contribution in [2.45, 2.75) is 12.5 Å². The fraction of sp³-hybridized carbons (Fsp3) is 0.167. The molecule has 4 N–H and O–H groups in total. The van der Waals surface area contributed by atoms with Gasteiger partial charge < -0.3 is 10.7 Å². The monoisotopic (exact) mass is 228 g/mol. The molecule has 1 amide bonds. The molecule has 0 saturated carbocycles. The fourth-order valence-corrected chi connectivity index (χ4v) is 1.78. The number of nitrogens with zero attached hydrogens (tertiary/aromatic N) is 1. The van der Waals surface area contributed by atoms with Crippen LogP contribution in [-0.2, 0) is 11.2 Å². The zero-order valence-corrected chi connectivity index (χ0v) is 9.10. The molecule has 0 fully saturated rings. The minimum Gasteiger partial charge on any atom is -0.361 e. The van der Waals surface area contributed by atoms with Crippen molar-refractivity contribution in [1.82, 2.24) is 10.3 Å². The normalized spacial score (nSPS) is 12.0. The summed E-state index contributed by atoms with van der Waals surface area (Å²) < 4.78 is 0. The molecule has 17 heavy (non-hydrogen) atoms. The fourth-order valence-electron chi connectivity index (χ4n) is 1.78. The smallest absolute Gasteiger partial charge is 0.250 e. The van der Waals surface area contributed by atoms with Gasteiger partial charge in [0.1, 0.15) is 0 Å². The Labute approximate surface area is 98.2 Å². The third kappa shape index (κ3) is 2.27. The Balaban J connectivity index is 2.19. The first-order valence-corrected chi connectivity index (χ1v) is 5.22. The van der Waals surface area contributed by atoms with E-state index < -0.39 is 11.9 Å². The highest BCUT2D eigenvalue weighted by Crippen LogP contribution is 2.18. The summed E-state index contributed by atoms with van der Waals surface area (Å²) in [4.78, 5) is 14.4. The minimum atomic E-state index is -0.714. The van der Waals surface area contributed by atoms with Crippen molar-refractivity contribution in [2.24, 2.45) is 5.73 Å². The average molecular weight is 228 g/mol. The zero-order chi connectivity index (χ0) is 12.3. The lowest BCUT2D eigenvalue weighted by Crippen LogP contribution is -2.39. The number of benzene rings is 1. The first-order valence-electron chi connectivity index (χ1n) is 5.22. The first-order chi connectivity index (χ1) is 8.22. The quantitative estimate of drug-likeness (QED) is 0.531. The van der Waals surface area contributed by atoms with Gasteiger partial charge in [-0.25, -0.2) is 0 Å². The lowest BCUT2D eigenvalue weighted by molar-refractivity contribution is -0.121. The van der Waals surface area contributed by atoms with Crippen molar-refractivity contribution in [3.05, 3.63) is 36.0 Å². The average Bonchev–Trinajstić information content (AvgIpc) is 2.73. The van der Waals surface area contributed by atoms with Crippen LogP contribution in [-0.4, -0.2) is 16.9 Å². The van der Waals surface area contributed by atoms with E-state index in [1.165, 1.54) is 0 Å². The van der Waals surface area contributed by atoms with Gasteiger partial charge in [0, 0.05) is 17.1 Å². The van der Waals surface area contributed by atoms with E-state index in [4.69, 9.17) is 11.0 Å². The van der Waals surface area contributed by atoms with Gasteiger partial charge in [0.2, 0.25) is 5.91 Å². The van der Waals surface area contributed by atoms with Crippen molar-refractivity contribution in [3.8, 4) is 6.19 Å². The second kappa shape index (κ2) is 4.68. The van der Waals surface area contributed by atoms with Crippen LogP contribution in [0.2, 0.25) is 0 Å². The maximum absolute atomic E-state index is 11.3. The summed E-state index contributed by atoms with van der Waals surface area (Å²) in [6.45, 7) is 0. The SMILES string of the molecule is N#CNC(=O)[C@H](N)Cc1c[nH]c2ccccc12. The van der Waals surface area contributed by atoms with Gasteiger partial charge in [0.25, 0.3) is 0 Å². The Kier molecular flexibility index (Phi) is 3.08. The molecule has 1 atom stereocenters. The van der Waals surface area contributed by atoms with Gasteiger partial charge in [0.05, 0.1) is 6.04 Å². The molecular formula is C12H12N4O. The zero-order valence-electron chi connectivity index (χ0n) is 9.10. The number of aromatic amines is 1. The molecule has 0 aliphatic carbocycles. The summed E-state index contributed by atoms with van der Waals surface area (Å²) >= 11 is 0. The Morgan fingerprint density at radius 2 is 2.29 bits per heavy atom. The van der Waals surface area contributed by atoms with Crippen LogP contribution in [0.4, 0.5) is 0 Å². The number of nitriles is 1. The second-order valence-corrected chi connectivity index (χ2v) is 3.77. The number of carbonyl (C=O) groups excluding carboxylic acids is 1. The van der Waals surface area contributed by atoms with Crippen molar-refractivity contribution in [2.75, 3.05) is 0 Å². The molecule has 0 aliphatic rings. The number of nitrogens with two attached hydrogens (primary N) is 1. The van der Waals surface area contributed by atoms with Gasteiger partial charge in [-0.15, -0.1) is 0 Å². The molecule has 1 aromatic heterocycles. The largest absolute Gasteiger partial charge is 0.361 e. The predicted octanol–water partition coefficient (Wildman–Crippen LogP) is 0.635. The molecule has 0 saturated heterocycles. The molecule has 0 unspecified atom stereocenters. The van der Waals surface area contributed by atoms with Crippen molar-refractivity contribution >= 4 is 16.8 Å². The number of aromatic nitrogens is 1. The number of H-pyrrole nitrogens is 1. The van der Waals surface area contributed by atoms with Crippen LogP contribution >= 0.6 is 0 Å². The minimum absolute atomic E-state index is 0.400. The summed E-state index contributed by atoms with van der Waals surface area (Å²) in [5.41, 5.74) is 7.69. The van der Waals surface area contributed by atoms with Crippen LogP contribution in [0.25, 0.3) is 10.9 Å². The molecule has 2 rings (SSSR count). The van der Waals surface area contributed by atoms with Crippen molar-refractivity contribution in [1.29, 1.82) is 5.26 Å².